The third-order valence-electron chi connectivity index (χ3n) is 5.31. The molecule has 3 rings (SSSR count). The van der Waals surface area contributed by atoms with Crippen LogP contribution in [0.3, 0.4) is 0 Å². The van der Waals surface area contributed by atoms with Gasteiger partial charge in [0.2, 0.25) is 0 Å². The van der Waals surface area contributed by atoms with E-state index >= 15 is 0 Å². The Balaban J connectivity index is 1.79. The molecule has 0 spiro atoms. The molecule has 1 N–H and O–H groups in total. The number of ether oxygens (including phenoxy) is 1. The summed E-state index contributed by atoms with van der Waals surface area (Å²) in [6.45, 7) is 2.36. The van der Waals surface area contributed by atoms with Gasteiger partial charge in [-0.1, -0.05) is 29.8 Å². The number of halogens is 3. The molecule has 7 nitrogen and oxygen atoms in total. The topological polar surface area (TPSA) is 84.7 Å². The molecule has 10 heteroatoms. The molecular formula is C22H24F3N3O4. The van der Waals surface area contributed by atoms with Crippen LogP contribution in [-0.4, -0.2) is 48.1 Å². The van der Waals surface area contributed by atoms with Crippen LogP contribution in [0.4, 0.5) is 18.9 Å². The number of nitrogens with one attached hydrogen (secondary N) is 1. The van der Waals surface area contributed by atoms with Gasteiger partial charge in [-0.15, -0.1) is 0 Å². The second kappa shape index (κ2) is 9.99. The van der Waals surface area contributed by atoms with Crippen LogP contribution < -0.4 is 10.1 Å². The maximum absolute atomic E-state index is 12.8. The van der Waals surface area contributed by atoms with Gasteiger partial charge in [0.25, 0.3) is 11.6 Å². The summed E-state index contributed by atoms with van der Waals surface area (Å²) in [6, 6.07) is 10.8. The van der Waals surface area contributed by atoms with Gasteiger partial charge in [-0.25, -0.2) is 0 Å². The molecule has 1 aliphatic rings. The van der Waals surface area contributed by atoms with Crippen molar-refractivity contribution < 1.29 is 27.6 Å². The number of likely N-dealkylation sites (tertiary alicyclic amines) is 1. The van der Waals surface area contributed by atoms with Crippen molar-refractivity contribution >= 4 is 11.6 Å². The van der Waals surface area contributed by atoms with Gasteiger partial charge in [0.05, 0.1) is 11.0 Å². The number of rotatable bonds is 8. The Morgan fingerprint density at radius 3 is 2.44 bits per heavy atom. The Morgan fingerprint density at radius 1 is 1.19 bits per heavy atom. The summed E-state index contributed by atoms with van der Waals surface area (Å²) in [5, 5.41) is 14.1. The first-order valence-electron chi connectivity index (χ1n) is 10.2. The van der Waals surface area contributed by atoms with Gasteiger partial charge in [-0.05, 0) is 50.6 Å². The summed E-state index contributed by atoms with van der Waals surface area (Å²) in [4.78, 5) is 25.7. The van der Waals surface area contributed by atoms with E-state index in [-0.39, 0.29) is 23.9 Å². The van der Waals surface area contributed by atoms with Crippen LogP contribution in [0.1, 0.15) is 40.4 Å². The molecular weight excluding hydrogens is 427 g/mol. The molecule has 2 aromatic rings. The maximum Gasteiger partial charge on any atom is 0.422 e. The van der Waals surface area contributed by atoms with E-state index in [1.54, 1.807) is 0 Å². The number of carbonyl (C=O) groups is 1. The van der Waals surface area contributed by atoms with Crippen molar-refractivity contribution in [1.82, 2.24) is 10.2 Å². The van der Waals surface area contributed by atoms with Crippen LogP contribution in [0.2, 0.25) is 0 Å². The molecule has 1 fully saturated rings. The number of amides is 1. The first-order valence-corrected chi connectivity index (χ1v) is 10.2. The highest BCUT2D eigenvalue weighted by Crippen LogP contribution is 2.28. The molecule has 1 unspecified atom stereocenters. The van der Waals surface area contributed by atoms with E-state index in [4.69, 9.17) is 0 Å². The van der Waals surface area contributed by atoms with E-state index in [0.29, 0.717) is 0 Å². The van der Waals surface area contributed by atoms with Gasteiger partial charge in [-0.3, -0.25) is 19.8 Å². The average Bonchev–Trinajstić information content (AvgIpc) is 3.27. The van der Waals surface area contributed by atoms with E-state index in [1.165, 1.54) is 0 Å². The number of nitrogens with zero attached hydrogens (tertiary/aromatic N) is 2. The van der Waals surface area contributed by atoms with Crippen LogP contribution in [0.5, 0.6) is 5.75 Å². The maximum atomic E-state index is 12.8. The lowest BCUT2D eigenvalue weighted by Gasteiger charge is -2.28. The van der Waals surface area contributed by atoms with Gasteiger partial charge in [-0.2, -0.15) is 13.2 Å². The van der Waals surface area contributed by atoms with Gasteiger partial charge < -0.3 is 10.1 Å². The lowest BCUT2D eigenvalue weighted by molar-refractivity contribution is -0.385. The van der Waals surface area contributed by atoms with Crippen molar-refractivity contribution in [3.8, 4) is 5.75 Å². The summed E-state index contributed by atoms with van der Waals surface area (Å²) >= 11 is 0. The first kappa shape index (κ1) is 23.5. The third kappa shape index (κ3) is 6.19. The second-order valence-electron chi connectivity index (χ2n) is 7.72. The lowest BCUT2D eigenvalue weighted by atomic mass is 10.0. The van der Waals surface area contributed by atoms with Crippen molar-refractivity contribution in [3.05, 3.63) is 69.3 Å². The molecule has 32 heavy (non-hydrogen) atoms. The minimum Gasteiger partial charge on any atom is -0.484 e. The zero-order valence-electron chi connectivity index (χ0n) is 17.5. The predicted molar refractivity (Wildman–Crippen MR) is 112 cm³/mol. The Kier molecular flexibility index (Phi) is 7.34. The smallest absolute Gasteiger partial charge is 0.422 e. The number of hydrogen-bond acceptors (Lipinski definition) is 5. The van der Waals surface area contributed by atoms with Gasteiger partial charge in [0.15, 0.2) is 6.61 Å². The zero-order chi connectivity index (χ0) is 23.3. The van der Waals surface area contributed by atoms with Crippen molar-refractivity contribution in [2.24, 2.45) is 0 Å². The molecule has 0 aliphatic carbocycles. The Hall–Kier alpha value is -3.14. The van der Waals surface area contributed by atoms with Crippen molar-refractivity contribution in [1.29, 1.82) is 0 Å². The van der Waals surface area contributed by atoms with Gasteiger partial charge >= 0.3 is 6.18 Å². The molecule has 1 amide bonds. The number of aryl methyl sites for hydroxylation is 1. The first-order chi connectivity index (χ1) is 15.1. The number of nitro benzene ring substituents is 1. The molecule has 0 radical (unpaired) electrons. The third-order valence-corrected chi connectivity index (χ3v) is 5.31. The molecule has 2 aromatic carbocycles. The van der Waals surface area contributed by atoms with Crippen LogP contribution in [-0.2, 0) is 0 Å². The fourth-order valence-corrected chi connectivity index (χ4v) is 3.70. The largest absolute Gasteiger partial charge is 0.484 e. The number of hydrogen-bond donors (Lipinski definition) is 1. The SMILES string of the molecule is Cc1ccc(C(CNC(=O)c2cc(OCC(F)(F)F)ccc2[N+](=O)[O-])N2CCCC2)cc1. The number of alkyl halides is 3. The van der Waals surface area contributed by atoms with E-state index in [0.717, 1.165) is 55.3 Å². The van der Waals surface area contributed by atoms with Crippen molar-refractivity contribution in [2.75, 3.05) is 26.2 Å². The molecule has 1 atom stereocenters. The Morgan fingerprint density at radius 2 is 1.84 bits per heavy atom. The Labute approximate surface area is 183 Å². The van der Waals surface area contributed by atoms with Gasteiger partial charge in [0, 0.05) is 12.6 Å². The second-order valence-corrected chi connectivity index (χ2v) is 7.72. The number of benzene rings is 2. The van der Waals surface area contributed by atoms with E-state index in [9.17, 15) is 28.1 Å². The van der Waals surface area contributed by atoms with Crippen LogP contribution in [0, 0.1) is 17.0 Å². The van der Waals surface area contributed by atoms with E-state index < -0.39 is 29.3 Å². The van der Waals surface area contributed by atoms with Crippen LogP contribution in [0.15, 0.2) is 42.5 Å². The monoisotopic (exact) mass is 451 g/mol. The number of nitro groups is 1. The quantitative estimate of drug-likeness (QED) is 0.475. The average molecular weight is 451 g/mol. The standard InChI is InChI=1S/C22H24F3N3O4/c1-15-4-6-16(7-5-15)20(27-10-2-3-11-27)13-26-21(29)18-12-17(32-14-22(23,24)25)8-9-19(18)28(30)31/h4-9,12,20H,2-3,10-11,13-14H2,1H3,(H,26,29). The predicted octanol–water partition coefficient (Wildman–Crippen LogP) is 4.41. The molecule has 172 valence electrons. The van der Waals surface area contributed by atoms with Crippen molar-refractivity contribution in [2.45, 2.75) is 32.0 Å². The molecule has 1 saturated heterocycles. The number of carbonyl (C=O) groups excluding carboxylic acids is 1. The van der Waals surface area contributed by atoms with E-state index in [2.05, 4.69) is 15.0 Å². The summed E-state index contributed by atoms with van der Waals surface area (Å²) < 4.78 is 42.0. The molecule has 0 aromatic heterocycles. The summed E-state index contributed by atoms with van der Waals surface area (Å²) in [6.07, 6.45) is -2.48. The molecule has 1 aliphatic heterocycles. The minimum atomic E-state index is -4.57. The molecule has 0 bridgehead atoms. The summed E-state index contributed by atoms with van der Waals surface area (Å²) in [5.41, 5.74) is 1.26. The minimum absolute atomic E-state index is 0.120. The fourth-order valence-electron chi connectivity index (χ4n) is 3.70. The Bertz CT molecular complexity index is 958. The highest BCUT2D eigenvalue weighted by molar-refractivity contribution is 5.98. The van der Waals surface area contributed by atoms with E-state index in [1.807, 2.05) is 31.2 Å². The highest BCUT2D eigenvalue weighted by Gasteiger charge is 2.30. The highest BCUT2D eigenvalue weighted by atomic mass is 19.4. The van der Waals surface area contributed by atoms with Crippen LogP contribution >= 0.6 is 0 Å². The summed E-state index contributed by atoms with van der Waals surface area (Å²) in [7, 11) is 0. The molecule has 1 heterocycles. The molecule has 0 saturated carbocycles. The summed E-state index contributed by atoms with van der Waals surface area (Å²) in [5.74, 6) is -1.02. The van der Waals surface area contributed by atoms with Crippen molar-refractivity contribution in [3.63, 3.8) is 0 Å². The normalized spacial score (nSPS) is 15.4. The van der Waals surface area contributed by atoms with Crippen LogP contribution in [0.25, 0.3) is 0 Å². The zero-order valence-corrected chi connectivity index (χ0v) is 17.5. The lowest BCUT2D eigenvalue weighted by Crippen LogP contribution is -2.37. The van der Waals surface area contributed by atoms with Gasteiger partial charge in [0.1, 0.15) is 11.3 Å². The fraction of sp³-hybridized carbons (Fsp3) is 0.409.